The Hall–Kier alpha value is -1.60. The smallest absolute Gasteiger partial charge is 0.251 e. The van der Waals surface area contributed by atoms with Crippen LogP contribution >= 0.6 is 0 Å². The van der Waals surface area contributed by atoms with Gasteiger partial charge in [-0.15, -0.1) is 0 Å². The van der Waals surface area contributed by atoms with Crippen molar-refractivity contribution in [3.05, 3.63) is 23.8 Å². The first-order chi connectivity index (χ1) is 10.1. The van der Waals surface area contributed by atoms with E-state index in [2.05, 4.69) is 10.0 Å². The van der Waals surface area contributed by atoms with Gasteiger partial charge in [0.1, 0.15) is 10.6 Å². The molecule has 7 heteroatoms. The minimum absolute atomic E-state index is 0.0370. The van der Waals surface area contributed by atoms with Gasteiger partial charge in [-0.2, -0.15) is 0 Å². The van der Waals surface area contributed by atoms with Crippen molar-refractivity contribution in [3.8, 4) is 5.75 Å². The van der Waals surface area contributed by atoms with Gasteiger partial charge in [0.05, 0.1) is 7.11 Å². The summed E-state index contributed by atoms with van der Waals surface area (Å²) in [5, 5.41) is 2.80. The van der Waals surface area contributed by atoms with Crippen LogP contribution < -0.4 is 14.8 Å². The van der Waals surface area contributed by atoms with Gasteiger partial charge >= 0.3 is 0 Å². The molecule has 0 heterocycles. The molecule has 1 amide bonds. The number of sulfonamides is 1. The molecule has 22 heavy (non-hydrogen) atoms. The maximum absolute atomic E-state index is 12.3. The van der Waals surface area contributed by atoms with Crippen molar-refractivity contribution >= 4 is 15.9 Å². The van der Waals surface area contributed by atoms with Crippen molar-refractivity contribution in [2.45, 2.75) is 44.6 Å². The van der Waals surface area contributed by atoms with Crippen molar-refractivity contribution in [1.29, 1.82) is 0 Å². The van der Waals surface area contributed by atoms with Crippen LogP contribution in [0, 0.1) is 0 Å². The summed E-state index contributed by atoms with van der Waals surface area (Å²) in [6, 6.07) is 4.36. The lowest BCUT2D eigenvalue weighted by molar-refractivity contribution is 0.0919. The Kier molecular flexibility index (Phi) is 5.96. The monoisotopic (exact) mass is 328 g/mol. The largest absolute Gasteiger partial charge is 0.495 e. The summed E-state index contributed by atoms with van der Waals surface area (Å²) in [6.07, 6.45) is 0.672. The highest BCUT2D eigenvalue weighted by atomic mass is 32.2. The number of rotatable bonds is 6. The molecule has 1 aromatic carbocycles. The van der Waals surface area contributed by atoms with Gasteiger partial charge in [-0.05, 0) is 45.4 Å². The van der Waals surface area contributed by atoms with E-state index in [4.69, 9.17) is 4.74 Å². The zero-order valence-corrected chi connectivity index (χ0v) is 14.5. The van der Waals surface area contributed by atoms with E-state index in [0.29, 0.717) is 13.0 Å². The maximum atomic E-state index is 12.3. The first kappa shape index (κ1) is 18.4. The predicted octanol–water partition coefficient (Wildman–Crippen LogP) is 1.91. The second kappa shape index (κ2) is 7.11. The molecule has 0 unspecified atom stereocenters. The lowest BCUT2D eigenvalue weighted by atomic mass is 10.1. The zero-order valence-electron chi connectivity index (χ0n) is 13.7. The van der Waals surface area contributed by atoms with Crippen molar-refractivity contribution in [2.75, 3.05) is 13.7 Å². The van der Waals surface area contributed by atoms with Crippen LogP contribution in [-0.4, -0.2) is 33.5 Å². The second-order valence-electron chi connectivity index (χ2n) is 5.97. The first-order valence-corrected chi connectivity index (χ1v) is 8.59. The molecule has 1 aromatic rings. The fourth-order valence-corrected chi connectivity index (χ4v) is 3.08. The molecule has 0 aliphatic rings. The molecule has 0 atom stereocenters. The zero-order chi connectivity index (χ0) is 17.0. The van der Waals surface area contributed by atoms with Crippen LogP contribution in [0.5, 0.6) is 5.75 Å². The lowest BCUT2D eigenvalue weighted by Gasteiger charge is -2.21. The summed E-state index contributed by atoms with van der Waals surface area (Å²) in [5.74, 6) is -0.127. The van der Waals surface area contributed by atoms with E-state index >= 15 is 0 Å². The van der Waals surface area contributed by atoms with Crippen molar-refractivity contribution in [2.24, 2.45) is 0 Å². The van der Waals surface area contributed by atoms with Gasteiger partial charge < -0.3 is 10.1 Å². The second-order valence-corrected chi connectivity index (χ2v) is 7.70. The number of methoxy groups -OCH3 is 1. The van der Waals surface area contributed by atoms with Crippen LogP contribution in [0.3, 0.4) is 0 Å². The van der Waals surface area contributed by atoms with E-state index < -0.39 is 15.6 Å². The number of benzene rings is 1. The Morgan fingerprint density at radius 3 is 2.41 bits per heavy atom. The molecule has 0 aliphatic heterocycles. The highest BCUT2D eigenvalue weighted by Crippen LogP contribution is 2.25. The minimum Gasteiger partial charge on any atom is -0.495 e. The molecule has 0 aromatic heterocycles. The highest BCUT2D eigenvalue weighted by molar-refractivity contribution is 7.89. The maximum Gasteiger partial charge on any atom is 0.251 e. The quantitative estimate of drug-likeness (QED) is 0.835. The van der Waals surface area contributed by atoms with E-state index in [1.165, 1.54) is 19.2 Å². The molecule has 1 rings (SSSR count). The lowest BCUT2D eigenvalue weighted by Crippen LogP contribution is -2.40. The molecule has 0 spiro atoms. The van der Waals surface area contributed by atoms with Gasteiger partial charge in [0.2, 0.25) is 10.0 Å². The van der Waals surface area contributed by atoms with E-state index in [-0.39, 0.29) is 22.1 Å². The average molecular weight is 328 g/mol. The summed E-state index contributed by atoms with van der Waals surface area (Å²) >= 11 is 0. The molecular formula is C15H24N2O4S. The summed E-state index contributed by atoms with van der Waals surface area (Å²) in [7, 11) is -2.33. The predicted molar refractivity (Wildman–Crippen MR) is 85.7 cm³/mol. The van der Waals surface area contributed by atoms with Crippen molar-refractivity contribution < 1.29 is 17.9 Å². The normalized spacial score (nSPS) is 12.0. The fourth-order valence-electron chi connectivity index (χ4n) is 1.75. The van der Waals surface area contributed by atoms with Crippen LogP contribution in [0.4, 0.5) is 0 Å². The van der Waals surface area contributed by atoms with E-state index in [9.17, 15) is 13.2 Å². The van der Waals surface area contributed by atoms with Gasteiger partial charge in [-0.3, -0.25) is 4.79 Å². The van der Waals surface area contributed by atoms with Gasteiger partial charge in [-0.25, -0.2) is 13.1 Å². The van der Waals surface area contributed by atoms with E-state index in [1.54, 1.807) is 6.07 Å². The molecule has 0 saturated carbocycles. The Bertz CT molecular complexity index is 633. The molecule has 0 bridgehead atoms. The standard InChI is InChI=1S/C15H24N2O4S/c1-6-9-16-22(19,20)13-10-11(7-8-12(13)21-5)14(18)17-15(2,3)4/h7-8,10,16H,6,9H2,1-5H3,(H,17,18). The SMILES string of the molecule is CCCNS(=O)(=O)c1cc(C(=O)NC(C)(C)C)ccc1OC. The summed E-state index contributed by atoms with van der Waals surface area (Å²) < 4.78 is 32.2. The molecule has 0 fully saturated rings. The number of hydrogen-bond acceptors (Lipinski definition) is 4. The molecule has 0 saturated heterocycles. The number of carbonyl (C=O) groups excluding carboxylic acids is 1. The van der Waals surface area contributed by atoms with Crippen molar-refractivity contribution in [1.82, 2.24) is 10.0 Å². The van der Waals surface area contributed by atoms with E-state index in [1.807, 2.05) is 27.7 Å². The Balaban J connectivity index is 3.22. The van der Waals surface area contributed by atoms with Crippen LogP contribution in [0.15, 0.2) is 23.1 Å². The van der Waals surface area contributed by atoms with Crippen LogP contribution in [0.1, 0.15) is 44.5 Å². The summed E-state index contributed by atoms with van der Waals surface area (Å²) in [4.78, 5) is 12.1. The summed E-state index contributed by atoms with van der Waals surface area (Å²) in [6.45, 7) is 7.76. The number of ether oxygens (including phenoxy) is 1. The Labute approximate surface area is 132 Å². The number of carbonyl (C=O) groups is 1. The van der Waals surface area contributed by atoms with Gasteiger partial charge in [0.15, 0.2) is 0 Å². The number of hydrogen-bond donors (Lipinski definition) is 2. The molecule has 2 N–H and O–H groups in total. The van der Waals surface area contributed by atoms with Crippen LogP contribution in [0.2, 0.25) is 0 Å². The fraction of sp³-hybridized carbons (Fsp3) is 0.533. The third-order valence-electron chi connectivity index (χ3n) is 2.75. The average Bonchev–Trinajstić information content (AvgIpc) is 2.42. The molecule has 124 valence electrons. The number of nitrogens with one attached hydrogen (secondary N) is 2. The molecule has 0 radical (unpaired) electrons. The minimum atomic E-state index is -3.72. The summed E-state index contributed by atoms with van der Waals surface area (Å²) in [5.41, 5.74) is -0.135. The van der Waals surface area contributed by atoms with Gasteiger partial charge in [0.25, 0.3) is 5.91 Å². The van der Waals surface area contributed by atoms with Gasteiger partial charge in [0, 0.05) is 17.6 Å². The van der Waals surface area contributed by atoms with Gasteiger partial charge in [-0.1, -0.05) is 6.92 Å². The molecule has 6 nitrogen and oxygen atoms in total. The third-order valence-corrected chi connectivity index (χ3v) is 4.23. The Morgan fingerprint density at radius 2 is 1.91 bits per heavy atom. The van der Waals surface area contributed by atoms with Crippen LogP contribution in [0.25, 0.3) is 0 Å². The first-order valence-electron chi connectivity index (χ1n) is 7.11. The third kappa shape index (κ3) is 4.99. The molecular weight excluding hydrogens is 304 g/mol. The van der Waals surface area contributed by atoms with Crippen molar-refractivity contribution in [3.63, 3.8) is 0 Å². The van der Waals surface area contributed by atoms with E-state index in [0.717, 1.165) is 0 Å². The Morgan fingerprint density at radius 1 is 1.27 bits per heavy atom. The highest BCUT2D eigenvalue weighted by Gasteiger charge is 2.22. The topological polar surface area (TPSA) is 84.5 Å². The van der Waals surface area contributed by atoms with Crippen LogP contribution in [-0.2, 0) is 10.0 Å². The molecule has 0 aliphatic carbocycles. The number of amides is 1.